The van der Waals surface area contributed by atoms with Crippen LogP contribution in [0.5, 0.6) is 5.75 Å². The van der Waals surface area contributed by atoms with Crippen molar-refractivity contribution in [2.75, 3.05) is 24.2 Å². The third kappa shape index (κ3) is 3.31. The van der Waals surface area contributed by atoms with Crippen molar-refractivity contribution in [2.45, 2.75) is 39.5 Å². The van der Waals surface area contributed by atoms with Gasteiger partial charge in [0.15, 0.2) is 0 Å². The Morgan fingerprint density at radius 3 is 2.67 bits per heavy atom. The van der Waals surface area contributed by atoms with Gasteiger partial charge in [-0.1, -0.05) is 13.8 Å². The van der Waals surface area contributed by atoms with E-state index in [1.54, 1.807) is 0 Å². The third-order valence-corrected chi connectivity index (χ3v) is 3.78. The van der Waals surface area contributed by atoms with Crippen molar-refractivity contribution < 1.29 is 4.74 Å². The summed E-state index contributed by atoms with van der Waals surface area (Å²) < 4.78 is 5.63. The number of nitrogens with two attached hydrogens (primary N) is 1. The van der Waals surface area contributed by atoms with E-state index in [9.17, 15) is 0 Å². The molecule has 2 rings (SSSR count). The van der Waals surface area contributed by atoms with Crippen molar-refractivity contribution in [1.82, 2.24) is 0 Å². The highest BCUT2D eigenvalue weighted by atomic mass is 16.5. The lowest BCUT2D eigenvalue weighted by molar-refractivity contribution is 0.318. The number of nitrogens with one attached hydrogen (secondary N) is 1. The van der Waals surface area contributed by atoms with Crippen LogP contribution in [-0.4, -0.2) is 13.2 Å². The van der Waals surface area contributed by atoms with Gasteiger partial charge in [-0.3, -0.25) is 0 Å². The van der Waals surface area contributed by atoms with E-state index in [1.165, 1.54) is 19.3 Å². The SMILES string of the molecule is CCCOc1cc(N)cc(NCC2(CC)CC2)c1. The molecule has 0 unspecified atom stereocenters. The Labute approximate surface area is 110 Å². The van der Waals surface area contributed by atoms with Crippen LogP contribution < -0.4 is 15.8 Å². The lowest BCUT2D eigenvalue weighted by atomic mass is 10.0. The molecule has 0 spiro atoms. The molecule has 0 bridgehead atoms. The average molecular weight is 248 g/mol. The second-order valence-corrected chi connectivity index (χ2v) is 5.35. The fourth-order valence-corrected chi connectivity index (χ4v) is 2.15. The fourth-order valence-electron chi connectivity index (χ4n) is 2.15. The van der Waals surface area contributed by atoms with E-state index < -0.39 is 0 Å². The average Bonchev–Trinajstić information content (AvgIpc) is 3.14. The molecule has 100 valence electrons. The molecule has 3 heteroatoms. The summed E-state index contributed by atoms with van der Waals surface area (Å²) in [5.41, 5.74) is 8.26. The largest absolute Gasteiger partial charge is 0.493 e. The molecule has 1 saturated carbocycles. The summed E-state index contributed by atoms with van der Waals surface area (Å²) in [7, 11) is 0. The number of benzene rings is 1. The minimum atomic E-state index is 0.537. The van der Waals surface area contributed by atoms with Gasteiger partial charge in [-0.05, 0) is 37.2 Å². The second kappa shape index (κ2) is 5.51. The Hall–Kier alpha value is -1.38. The summed E-state index contributed by atoms with van der Waals surface area (Å²) in [6, 6.07) is 5.90. The zero-order chi connectivity index (χ0) is 13.0. The Bertz CT molecular complexity index is 399. The third-order valence-electron chi connectivity index (χ3n) is 3.78. The maximum atomic E-state index is 5.90. The van der Waals surface area contributed by atoms with Crippen LogP contribution in [0.15, 0.2) is 18.2 Å². The highest BCUT2D eigenvalue weighted by Crippen LogP contribution is 2.48. The summed E-state index contributed by atoms with van der Waals surface area (Å²) in [5, 5.41) is 3.50. The van der Waals surface area contributed by atoms with Crippen LogP contribution >= 0.6 is 0 Å². The standard InChI is InChI=1S/C15H24N2O/c1-3-7-18-14-9-12(16)8-13(10-14)17-11-15(4-2)5-6-15/h8-10,17H,3-7,11,16H2,1-2H3. The van der Waals surface area contributed by atoms with Gasteiger partial charge < -0.3 is 15.8 Å². The van der Waals surface area contributed by atoms with Gasteiger partial charge in [0.2, 0.25) is 0 Å². The molecule has 0 saturated heterocycles. The van der Waals surface area contributed by atoms with E-state index in [1.807, 2.05) is 18.2 Å². The van der Waals surface area contributed by atoms with Gasteiger partial charge >= 0.3 is 0 Å². The normalized spacial score (nSPS) is 16.3. The first-order valence-corrected chi connectivity index (χ1v) is 6.95. The van der Waals surface area contributed by atoms with E-state index in [0.717, 1.165) is 36.7 Å². The molecule has 0 radical (unpaired) electrons. The molecule has 3 nitrogen and oxygen atoms in total. The summed E-state index contributed by atoms with van der Waals surface area (Å²) in [6.07, 6.45) is 4.95. The molecule has 0 heterocycles. The summed E-state index contributed by atoms with van der Waals surface area (Å²) in [6.45, 7) is 6.15. The Balaban J connectivity index is 1.96. The first-order valence-electron chi connectivity index (χ1n) is 6.95. The fraction of sp³-hybridized carbons (Fsp3) is 0.600. The van der Waals surface area contributed by atoms with Crippen LogP contribution in [0, 0.1) is 5.41 Å². The topological polar surface area (TPSA) is 47.3 Å². The monoisotopic (exact) mass is 248 g/mol. The molecular weight excluding hydrogens is 224 g/mol. The summed E-state index contributed by atoms with van der Waals surface area (Å²) >= 11 is 0. The van der Waals surface area contributed by atoms with Crippen molar-refractivity contribution in [1.29, 1.82) is 0 Å². The van der Waals surface area contributed by atoms with Crippen LogP contribution in [0.1, 0.15) is 39.5 Å². The van der Waals surface area contributed by atoms with E-state index in [2.05, 4.69) is 19.2 Å². The van der Waals surface area contributed by atoms with Gasteiger partial charge in [0.25, 0.3) is 0 Å². The van der Waals surface area contributed by atoms with Crippen LogP contribution in [0.4, 0.5) is 11.4 Å². The lowest BCUT2D eigenvalue weighted by Crippen LogP contribution is -2.14. The maximum absolute atomic E-state index is 5.90. The van der Waals surface area contributed by atoms with Crippen LogP contribution in [0.2, 0.25) is 0 Å². The van der Waals surface area contributed by atoms with E-state index in [0.29, 0.717) is 5.41 Å². The Morgan fingerprint density at radius 1 is 1.28 bits per heavy atom. The highest BCUT2D eigenvalue weighted by molar-refractivity contribution is 5.59. The van der Waals surface area contributed by atoms with Gasteiger partial charge in [0, 0.05) is 30.1 Å². The minimum absolute atomic E-state index is 0.537. The molecular formula is C15H24N2O. The lowest BCUT2D eigenvalue weighted by Gasteiger charge is -2.16. The van der Waals surface area contributed by atoms with E-state index >= 15 is 0 Å². The van der Waals surface area contributed by atoms with E-state index in [-0.39, 0.29) is 0 Å². The van der Waals surface area contributed by atoms with Crippen LogP contribution in [-0.2, 0) is 0 Å². The van der Waals surface area contributed by atoms with Gasteiger partial charge in [-0.15, -0.1) is 0 Å². The van der Waals surface area contributed by atoms with Crippen molar-refractivity contribution in [3.8, 4) is 5.75 Å². The molecule has 0 amide bonds. The van der Waals surface area contributed by atoms with Crippen molar-refractivity contribution in [3.05, 3.63) is 18.2 Å². The predicted octanol–water partition coefficient (Wildman–Crippen LogP) is 3.66. The molecule has 0 atom stereocenters. The minimum Gasteiger partial charge on any atom is -0.493 e. The highest BCUT2D eigenvalue weighted by Gasteiger charge is 2.40. The molecule has 1 aliphatic rings. The smallest absolute Gasteiger partial charge is 0.123 e. The second-order valence-electron chi connectivity index (χ2n) is 5.35. The molecule has 0 aliphatic heterocycles. The quantitative estimate of drug-likeness (QED) is 0.724. The molecule has 1 fully saturated rings. The predicted molar refractivity (Wildman–Crippen MR) is 77.1 cm³/mol. The van der Waals surface area contributed by atoms with Crippen LogP contribution in [0.3, 0.4) is 0 Å². The molecule has 1 aliphatic carbocycles. The number of rotatable bonds is 7. The zero-order valence-electron chi connectivity index (χ0n) is 11.5. The first kappa shape index (κ1) is 13.1. The van der Waals surface area contributed by atoms with Crippen molar-refractivity contribution in [2.24, 2.45) is 5.41 Å². The van der Waals surface area contributed by atoms with Crippen molar-refractivity contribution in [3.63, 3.8) is 0 Å². The Morgan fingerprint density at radius 2 is 2.06 bits per heavy atom. The first-order chi connectivity index (χ1) is 8.67. The Kier molecular flexibility index (Phi) is 4.00. The molecule has 1 aromatic rings. The van der Waals surface area contributed by atoms with Gasteiger partial charge in [0.1, 0.15) is 5.75 Å². The zero-order valence-corrected chi connectivity index (χ0v) is 11.5. The number of hydrogen-bond donors (Lipinski definition) is 2. The number of nitrogen functional groups attached to an aromatic ring is 1. The molecule has 0 aromatic heterocycles. The number of anilines is 2. The molecule has 3 N–H and O–H groups in total. The maximum Gasteiger partial charge on any atom is 0.123 e. The number of ether oxygens (including phenoxy) is 1. The molecule has 18 heavy (non-hydrogen) atoms. The van der Waals surface area contributed by atoms with E-state index in [4.69, 9.17) is 10.5 Å². The number of hydrogen-bond acceptors (Lipinski definition) is 3. The summed E-state index contributed by atoms with van der Waals surface area (Å²) in [4.78, 5) is 0. The van der Waals surface area contributed by atoms with Gasteiger partial charge in [-0.2, -0.15) is 0 Å². The van der Waals surface area contributed by atoms with Crippen LogP contribution in [0.25, 0.3) is 0 Å². The van der Waals surface area contributed by atoms with Gasteiger partial charge in [-0.25, -0.2) is 0 Å². The van der Waals surface area contributed by atoms with Gasteiger partial charge in [0.05, 0.1) is 6.61 Å². The molecule has 1 aromatic carbocycles. The van der Waals surface area contributed by atoms with Crippen molar-refractivity contribution >= 4 is 11.4 Å². The summed E-state index contributed by atoms with van der Waals surface area (Å²) in [5.74, 6) is 0.862.